The highest BCUT2D eigenvalue weighted by atomic mass is 32.3. The number of unbranched alkanes of at least 4 members (excludes halogenated alkanes) is 12. The predicted octanol–water partition coefficient (Wildman–Crippen LogP) is 4.98. The van der Waals surface area contributed by atoms with E-state index in [9.17, 15) is 8.42 Å². The van der Waals surface area contributed by atoms with Crippen LogP contribution < -0.4 is 5.73 Å². The second kappa shape index (κ2) is 15.7. The van der Waals surface area contributed by atoms with Gasteiger partial charge in [0, 0.05) is 6.54 Å². The lowest BCUT2D eigenvalue weighted by Gasteiger charge is -2.10. The largest absolute Gasteiger partial charge is 0.328 e. The normalized spacial score (nSPS) is 13.3. The molecule has 140 valence electrons. The molecule has 0 aliphatic carbocycles. The lowest BCUT2D eigenvalue weighted by atomic mass is 10.1. The first-order valence-corrected chi connectivity index (χ1v) is 11.9. The second-order valence-electron chi connectivity index (χ2n) is 6.29. The Morgan fingerprint density at radius 1 is 0.826 bits per heavy atom. The van der Waals surface area contributed by atoms with E-state index in [4.69, 9.17) is 10.3 Å². The first-order chi connectivity index (χ1) is 11.0. The molecule has 3 N–H and O–H groups in total. The Kier molecular flexibility index (Phi) is 15.9. The van der Waals surface area contributed by atoms with E-state index < -0.39 is 14.7 Å². The highest BCUT2D eigenvalue weighted by Gasteiger charge is 2.20. The lowest BCUT2D eigenvalue weighted by Crippen LogP contribution is -2.26. The van der Waals surface area contributed by atoms with E-state index >= 15 is 0 Å². The molecule has 4 nitrogen and oxygen atoms in total. The quantitative estimate of drug-likeness (QED) is 0.280. The summed E-state index contributed by atoms with van der Waals surface area (Å²) in [6, 6.07) is 0. The predicted molar refractivity (Wildman–Crippen MR) is 103 cm³/mol. The zero-order valence-corrected chi connectivity index (χ0v) is 16.5. The Hall–Kier alpha value is 0.220. The molecule has 0 aromatic rings. The molecule has 0 aliphatic heterocycles. The summed E-state index contributed by atoms with van der Waals surface area (Å²) >= 11 is 1.25. The van der Waals surface area contributed by atoms with Gasteiger partial charge in [0.25, 0.3) is 10.1 Å². The Labute approximate surface area is 148 Å². The molecular weight excluding hydrogens is 330 g/mol. The van der Waals surface area contributed by atoms with Crippen molar-refractivity contribution < 1.29 is 13.0 Å². The van der Waals surface area contributed by atoms with Gasteiger partial charge >= 0.3 is 0 Å². The third-order valence-electron chi connectivity index (χ3n) is 4.08. The Morgan fingerprint density at radius 2 is 1.22 bits per heavy atom. The summed E-state index contributed by atoms with van der Waals surface area (Å²) in [7, 11) is -3.99. The van der Waals surface area contributed by atoms with Crippen LogP contribution in [0.4, 0.5) is 0 Å². The fraction of sp³-hybridized carbons (Fsp3) is 1.00. The highest BCUT2D eigenvalue weighted by molar-refractivity contribution is 8.11. The maximum atomic E-state index is 11.0. The van der Waals surface area contributed by atoms with Crippen molar-refractivity contribution in [2.24, 2.45) is 5.73 Å². The number of hydrogen-bond acceptors (Lipinski definition) is 4. The van der Waals surface area contributed by atoms with Crippen LogP contribution in [0, 0.1) is 0 Å². The zero-order valence-electron chi connectivity index (χ0n) is 14.8. The standard InChI is InChI=1S/C17H37NO3S2/c1-2-3-4-5-6-7-8-9-10-11-12-13-14-15-22-17(16-18)23(19,20)21/h17H,2-16,18H2,1H3,(H,19,20,21). The average molecular weight is 368 g/mol. The van der Waals surface area contributed by atoms with Crippen molar-refractivity contribution in [3.63, 3.8) is 0 Å². The van der Waals surface area contributed by atoms with Crippen molar-refractivity contribution in [1.29, 1.82) is 0 Å². The molecular formula is C17H37NO3S2. The molecule has 0 aliphatic rings. The lowest BCUT2D eigenvalue weighted by molar-refractivity contribution is 0.480. The molecule has 6 heteroatoms. The van der Waals surface area contributed by atoms with Gasteiger partial charge in [0.15, 0.2) is 0 Å². The molecule has 0 aromatic carbocycles. The van der Waals surface area contributed by atoms with Crippen LogP contribution in [0.2, 0.25) is 0 Å². The summed E-state index contributed by atoms with van der Waals surface area (Å²) in [5.41, 5.74) is 5.35. The molecule has 0 fully saturated rings. The SMILES string of the molecule is CCCCCCCCCCCCCCCSC(CN)S(=O)(=O)O. The van der Waals surface area contributed by atoms with Gasteiger partial charge in [-0.1, -0.05) is 84.0 Å². The smallest absolute Gasteiger partial charge is 0.278 e. The fourth-order valence-electron chi connectivity index (χ4n) is 2.61. The summed E-state index contributed by atoms with van der Waals surface area (Å²) in [6.07, 6.45) is 16.9. The van der Waals surface area contributed by atoms with Gasteiger partial charge in [-0.05, 0) is 12.2 Å². The van der Waals surface area contributed by atoms with Crippen LogP contribution in [0.3, 0.4) is 0 Å². The third kappa shape index (κ3) is 15.5. The minimum Gasteiger partial charge on any atom is -0.328 e. The van der Waals surface area contributed by atoms with Crippen molar-refractivity contribution in [2.75, 3.05) is 12.3 Å². The minimum absolute atomic E-state index is 0.0258. The molecule has 0 bridgehead atoms. The third-order valence-corrected chi connectivity index (χ3v) is 7.16. The Morgan fingerprint density at radius 3 is 1.57 bits per heavy atom. The number of nitrogens with two attached hydrogens (primary N) is 1. The first kappa shape index (κ1) is 23.2. The molecule has 23 heavy (non-hydrogen) atoms. The minimum atomic E-state index is -3.99. The summed E-state index contributed by atoms with van der Waals surface area (Å²) in [4.78, 5) is 0. The van der Waals surface area contributed by atoms with Crippen LogP contribution in [0.25, 0.3) is 0 Å². The van der Waals surface area contributed by atoms with Gasteiger partial charge in [0.05, 0.1) is 0 Å². The van der Waals surface area contributed by atoms with E-state index in [1.165, 1.54) is 82.4 Å². The molecule has 0 saturated heterocycles. The Bertz CT molecular complexity index is 348. The van der Waals surface area contributed by atoms with Crippen LogP contribution in [-0.4, -0.2) is 29.9 Å². The van der Waals surface area contributed by atoms with Crippen LogP contribution in [0.5, 0.6) is 0 Å². The summed E-state index contributed by atoms with van der Waals surface area (Å²) in [6.45, 7) is 2.23. The molecule has 0 aromatic heterocycles. The molecule has 0 radical (unpaired) electrons. The van der Waals surface area contributed by atoms with Crippen LogP contribution in [-0.2, 0) is 10.1 Å². The van der Waals surface area contributed by atoms with E-state index in [2.05, 4.69) is 6.92 Å². The van der Waals surface area contributed by atoms with Crippen molar-refractivity contribution in [3.05, 3.63) is 0 Å². The van der Waals surface area contributed by atoms with Crippen molar-refractivity contribution in [1.82, 2.24) is 0 Å². The monoisotopic (exact) mass is 367 g/mol. The topological polar surface area (TPSA) is 80.4 Å². The molecule has 0 amide bonds. The van der Waals surface area contributed by atoms with Crippen molar-refractivity contribution in [3.8, 4) is 0 Å². The highest BCUT2D eigenvalue weighted by Crippen LogP contribution is 2.18. The number of hydrogen-bond donors (Lipinski definition) is 2. The van der Waals surface area contributed by atoms with Crippen LogP contribution >= 0.6 is 11.8 Å². The van der Waals surface area contributed by atoms with Crippen LogP contribution in [0.1, 0.15) is 90.4 Å². The number of thioether (sulfide) groups is 1. The van der Waals surface area contributed by atoms with Gasteiger partial charge < -0.3 is 5.73 Å². The molecule has 1 atom stereocenters. The van der Waals surface area contributed by atoms with Gasteiger partial charge in [-0.25, -0.2) is 0 Å². The maximum absolute atomic E-state index is 11.0. The maximum Gasteiger partial charge on any atom is 0.278 e. The Balaban J connectivity index is 3.25. The number of rotatable bonds is 17. The van der Waals surface area contributed by atoms with Crippen molar-refractivity contribution >= 4 is 21.9 Å². The van der Waals surface area contributed by atoms with E-state index in [-0.39, 0.29) is 6.54 Å². The summed E-state index contributed by atoms with van der Waals surface area (Å²) < 4.78 is 30.1. The van der Waals surface area contributed by atoms with Gasteiger partial charge in [0.2, 0.25) is 0 Å². The van der Waals surface area contributed by atoms with Gasteiger partial charge in [-0.2, -0.15) is 8.42 Å². The van der Waals surface area contributed by atoms with E-state index in [0.29, 0.717) is 0 Å². The van der Waals surface area contributed by atoms with E-state index in [1.807, 2.05) is 0 Å². The van der Waals surface area contributed by atoms with Crippen molar-refractivity contribution in [2.45, 2.75) is 95.0 Å². The molecule has 0 rings (SSSR count). The van der Waals surface area contributed by atoms with Gasteiger partial charge in [-0.3, -0.25) is 4.55 Å². The molecule has 1 unspecified atom stereocenters. The second-order valence-corrected chi connectivity index (χ2v) is 9.50. The van der Waals surface area contributed by atoms with E-state index in [1.54, 1.807) is 0 Å². The summed E-state index contributed by atoms with van der Waals surface area (Å²) in [5.74, 6) is 0.749. The first-order valence-electron chi connectivity index (χ1n) is 9.30. The van der Waals surface area contributed by atoms with Crippen LogP contribution in [0.15, 0.2) is 0 Å². The van der Waals surface area contributed by atoms with Gasteiger partial charge in [-0.15, -0.1) is 11.8 Å². The van der Waals surface area contributed by atoms with E-state index in [0.717, 1.165) is 18.6 Å². The summed E-state index contributed by atoms with van der Waals surface area (Å²) in [5, 5.41) is 0. The molecule has 0 saturated carbocycles. The molecule has 0 spiro atoms. The average Bonchev–Trinajstić information content (AvgIpc) is 2.50. The fourth-order valence-corrected chi connectivity index (χ4v) is 4.60. The molecule has 0 heterocycles. The zero-order chi connectivity index (χ0) is 17.4. The van der Waals surface area contributed by atoms with Gasteiger partial charge in [0.1, 0.15) is 4.58 Å².